The molecule has 0 aliphatic heterocycles. The van der Waals surface area contributed by atoms with E-state index in [1.807, 2.05) is 18.2 Å². The summed E-state index contributed by atoms with van der Waals surface area (Å²) in [5, 5.41) is 3.53. The van der Waals surface area contributed by atoms with Crippen LogP contribution in [0.3, 0.4) is 0 Å². The van der Waals surface area contributed by atoms with E-state index in [1.54, 1.807) is 0 Å². The summed E-state index contributed by atoms with van der Waals surface area (Å²) in [4.78, 5) is 4.59. The number of nitrogens with one attached hydrogen (secondary N) is 1. The van der Waals surface area contributed by atoms with E-state index in [0.717, 1.165) is 17.9 Å². The van der Waals surface area contributed by atoms with Crippen LogP contribution < -0.4 is 5.32 Å². The second-order valence-corrected chi connectivity index (χ2v) is 5.24. The minimum Gasteiger partial charge on any atom is -0.379 e. The fourth-order valence-electron chi connectivity index (χ4n) is 2.48. The lowest BCUT2D eigenvalue weighted by Gasteiger charge is -2.11. The van der Waals surface area contributed by atoms with Crippen LogP contribution >= 0.6 is 0 Å². The van der Waals surface area contributed by atoms with Gasteiger partial charge < -0.3 is 9.72 Å². The fourth-order valence-corrected chi connectivity index (χ4v) is 2.48. The summed E-state index contributed by atoms with van der Waals surface area (Å²) in [5.74, 6) is 0. The van der Waals surface area contributed by atoms with Crippen molar-refractivity contribution in [2.45, 2.75) is 27.3 Å². The molecule has 3 rings (SSSR count). The van der Waals surface area contributed by atoms with Gasteiger partial charge in [-0.25, -0.2) is 4.98 Å². The van der Waals surface area contributed by atoms with Gasteiger partial charge in [-0.3, -0.25) is 0 Å². The number of aromatic nitrogens is 2. The van der Waals surface area contributed by atoms with Gasteiger partial charge in [-0.2, -0.15) is 0 Å². The van der Waals surface area contributed by atoms with E-state index in [0.29, 0.717) is 0 Å². The highest BCUT2D eigenvalue weighted by Crippen LogP contribution is 2.19. The number of benzene rings is 1. The smallest absolute Gasteiger partial charge is 0.137 e. The van der Waals surface area contributed by atoms with Gasteiger partial charge >= 0.3 is 0 Å². The Kier molecular flexibility index (Phi) is 3.18. The zero-order valence-electron chi connectivity index (χ0n) is 12.1. The van der Waals surface area contributed by atoms with Gasteiger partial charge in [0.2, 0.25) is 0 Å². The highest BCUT2D eigenvalue weighted by atomic mass is 15.0. The molecule has 0 aliphatic rings. The molecule has 0 saturated heterocycles. The number of hydrogen-bond donors (Lipinski definition) is 1. The van der Waals surface area contributed by atoms with E-state index in [1.165, 1.54) is 22.5 Å². The van der Waals surface area contributed by atoms with E-state index in [4.69, 9.17) is 0 Å². The van der Waals surface area contributed by atoms with Crippen LogP contribution in [-0.2, 0) is 6.54 Å². The molecule has 3 nitrogen and oxygen atoms in total. The molecule has 3 aromatic rings. The number of pyridine rings is 1. The van der Waals surface area contributed by atoms with Crippen LogP contribution in [0, 0.1) is 20.8 Å². The number of nitrogens with zero attached hydrogens (tertiary/aromatic N) is 2. The van der Waals surface area contributed by atoms with E-state index < -0.39 is 0 Å². The van der Waals surface area contributed by atoms with Crippen molar-refractivity contribution in [2.24, 2.45) is 0 Å². The molecule has 0 amide bonds. The van der Waals surface area contributed by atoms with Crippen molar-refractivity contribution in [1.29, 1.82) is 0 Å². The monoisotopic (exact) mass is 265 g/mol. The molecule has 2 aromatic heterocycles. The zero-order chi connectivity index (χ0) is 14.1. The quantitative estimate of drug-likeness (QED) is 0.779. The maximum atomic E-state index is 4.59. The molecule has 102 valence electrons. The highest BCUT2D eigenvalue weighted by Gasteiger charge is 2.08. The average molecular weight is 265 g/mol. The Morgan fingerprint density at radius 1 is 1.10 bits per heavy atom. The molecule has 0 fully saturated rings. The van der Waals surface area contributed by atoms with Crippen LogP contribution in [0.25, 0.3) is 5.65 Å². The molecule has 0 radical (unpaired) electrons. The summed E-state index contributed by atoms with van der Waals surface area (Å²) in [6, 6.07) is 12.6. The molecule has 0 aliphatic carbocycles. The molecule has 0 bridgehead atoms. The van der Waals surface area contributed by atoms with Crippen LogP contribution in [0.1, 0.15) is 22.5 Å². The minimum atomic E-state index is 0.779. The summed E-state index contributed by atoms with van der Waals surface area (Å²) in [7, 11) is 0. The molecule has 1 aromatic carbocycles. The third-order valence-electron chi connectivity index (χ3n) is 3.67. The van der Waals surface area contributed by atoms with Crippen molar-refractivity contribution in [3.05, 3.63) is 65.1 Å². The van der Waals surface area contributed by atoms with E-state index in [9.17, 15) is 0 Å². The molecule has 0 unspecified atom stereocenters. The second-order valence-electron chi connectivity index (χ2n) is 5.24. The summed E-state index contributed by atoms with van der Waals surface area (Å²) in [6.07, 6.45) is 2.06. The van der Waals surface area contributed by atoms with E-state index in [-0.39, 0.29) is 0 Å². The van der Waals surface area contributed by atoms with Gasteiger partial charge in [0.25, 0.3) is 0 Å². The zero-order valence-corrected chi connectivity index (χ0v) is 12.1. The lowest BCUT2D eigenvalue weighted by molar-refractivity contribution is 0.984. The predicted molar refractivity (Wildman–Crippen MR) is 83.2 cm³/mol. The standard InChI is InChI=1S/C17H19N3/c1-12-7-8-13(2)15(10-12)18-11-16-14(3)19-17-6-4-5-9-20(16)17/h4-10,18H,11H2,1-3H3. The summed E-state index contributed by atoms with van der Waals surface area (Å²) in [5.41, 5.74) is 7.02. The Morgan fingerprint density at radius 2 is 1.95 bits per heavy atom. The van der Waals surface area contributed by atoms with Gasteiger partial charge in [-0.1, -0.05) is 18.2 Å². The Morgan fingerprint density at radius 3 is 2.80 bits per heavy atom. The Hall–Kier alpha value is -2.29. The summed E-state index contributed by atoms with van der Waals surface area (Å²) < 4.78 is 2.15. The van der Waals surface area contributed by atoms with Crippen molar-refractivity contribution in [3.8, 4) is 0 Å². The lowest BCUT2D eigenvalue weighted by atomic mass is 10.1. The summed E-state index contributed by atoms with van der Waals surface area (Å²) >= 11 is 0. The number of hydrogen-bond acceptors (Lipinski definition) is 2. The SMILES string of the molecule is Cc1ccc(C)c(NCc2c(C)nc3ccccn23)c1. The Labute approximate surface area is 119 Å². The normalized spacial score (nSPS) is 10.9. The van der Waals surface area contributed by atoms with Gasteiger partial charge in [0, 0.05) is 11.9 Å². The van der Waals surface area contributed by atoms with Crippen LogP contribution in [0.4, 0.5) is 5.69 Å². The molecule has 20 heavy (non-hydrogen) atoms. The number of rotatable bonds is 3. The van der Waals surface area contributed by atoms with Crippen LogP contribution in [0.2, 0.25) is 0 Å². The van der Waals surface area contributed by atoms with Crippen LogP contribution in [0.5, 0.6) is 0 Å². The molecule has 0 spiro atoms. The third-order valence-corrected chi connectivity index (χ3v) is 3.67. The first kappa shape index (κ1) is 12.7. The number of aryl methyl sites for hydroxylation is 3. The molecule has 2 heterocycles. The fraction of sp³-hybridized carbons (Fsp3) is 0.235. The molecule has 0 atom stereocenters. The Bertz CT molecular complexity index is 756. The van der Waals surface area contributed by atoms with Crippen LogP contribution in [-0.4, -0.2) is 9.38 Å². The minimum absolute atomic E-state index is 0.779. The molecule has 3 heteroatoms. The molecule has 0 saturated carbocycles. The second kappa shape index (κ2) is 5.00. The Balaban J connectivity index is 1.90. The van der Waals surface area contributed by atoms with Crippen molar-refractivity contribution >= 4 is 11.3 Å². The highest BCUT2D eigenvalue weighted by molar-refractivity contribution is 5.53. The predicted octanol–water partition coefficient (Wildman–Crippen LogP) is 3.87. The van der Waals surface area contributed by atoms with Gasteiger partial charge in [0.15, 0.2) is 0 Å². The number of imidazole rings is 1. The number of anilines is 1. The maximum Gasteiger partial charge on any atom is 0.137 e. The lowest BCUT2D eigenvalue weighted by Crippen LogP contribution is -2.05. The van der Waals surface area contributed by atoms with Crippen molar-refractivity contribution in [1.82, 2.24) is 9.38 Å². The first-order valence-corrected chi connectivity index (χ1v) is 6.89. The van der Waals surface area contributed by atoms with Crippen LogP contribution in [0.15, 0.2) is 42.6 Å². The van der Waals surface area contributed by atoms with Crippen molar-refractivity contribution in [3.63, 3.8) is 0 Å². The van der Waals surface area contributed by atoms with E-state index >= 15 is 0 Å². The molecular weight excluding hydrogens is 246 g/mol. The van der Waals surface area contributed by atoms with Crippen molar-refractivity contribution < 1.29 is 0 Å². The molecular formula is C17H19N3. The third kappa shape index (κ3) is 2.27. The number of fused-ring (bicyclic) bond motifs is 1. The van der Waals surface area contributed by atoms with Gasteiger partial charge in [-0.15, -0.1) is 0 Å². The topological polar surface area (TPSA) is 29.3 Å². The van der Waals surface area contributed by atoms with Crippen molar-refractivity contribution in [2.75, 3.05) is 5.32 Å². The first-order valence-electron chi connectivity index (χ1n) is 6.89. The average Bonchev–Trinajstić information content (AvgIpc) is 2.75. The largest absolute Gasteiger partial charge is 0.379 e. The van der Waals surface area contributed by atoms with Gasteiger partial charge in [-0.05, 0) is 50.1 Å². The van der Waals surface area contributed by atoms with Gasteiger partial charge in [0.1, 0.15) is 5.65 Å². The molecule has 1 N–H and O–H groups in total. The first-order chi connectivity index (χ1) is 9.65. The maximum absolute atomic E-state index is 4.59. The summed E-state index contributed by atoms with van der Waals surface area (Å²) in [6.45, 7) is 7.08. The van der Waals surface area contributed by atoms with E-state index in [2.05, 4.69) is 59.9 Å². The van der Waals surface area contributed by atoms with Gasteiger partial charge in [0.05, 0.1) is 17.9 Å².